The molecule has 2 aromatic rings. The predicted octanol–water partition coefficient (Wildman–Crippen LogP) is 2.87. The molecule has 0 saturated carbocycles. The van der Waals surface area contributed by atoms with Gasteiger partial charge in [0.1, 0.15) is 12.3 Å². The van der Waals surface area contributed by atoms with Gasteiger partial charge >= 0.3 is 0 Å². The fraction of sp³-hybridized carbons (Fsp3) is 0.400. The van der Waals surface area contributed by atoms with Crippen molar-refractivity contribution in [1.82, 2.24) is 4.90 Å². The van der Waals surface area contributed by atoms with Crippen molar-refractivity contribution >= 4 is 29.1 Å². The summed E-state index contributed by atoms with van der Waals surface area (Å²) in [5.74, 6) is 1.11. The molecule has 182 valence electrons. The number of methoxy groups -OCH3 is 2. The Hall–Kier alpha value is -3.75. The number of hydrogen-bond donors (Lipinski definition) is 1. The van der Waals surface area contributed by atoms with Gasteiger partial charge in [-0.15, -0.1) is 0 Å². The van der Waals surface area contributed by atoms with Crippen LogP contribution in [-0.4, -0.2) is 63.1 Å². The number of aryl methyl sites for hydroxylation is 1. The van der Waals surface area contributed by atoms with E-state index < -0.39 is 0 Å². The Morgan fingerprint density at radius 3 is 2.47 bits per heavy atom. The van der Waals surface area contributed by atoms with E-state index in [4.69, 9.17) is 14.2 Å². The van der Waals surface area contributed by atoms with Gasteiger partial charge in [-0.05, 0) is 56.2 Å². The molecule has 9 heteroatoms. The number of benzene rings is 2. The van der Waals surface area contributed by atoms with Crippen LogP contribution in [0.3, 0.4) is 0 Å². The van der Waals surface area contributed by atoms with Crippen molar-refractivity contribution in [3.63, 3.8) is 0 Å². The van der Waals surface area contributed by atoms with E-state index in [0.717, 1.165) is 5.56 Å². The molecule has 0 atom stereocenters. The van der Waals surface area contributed by atoms with Crippen molar-refractivity contribution in [2.75, 3.05) is 50.7 Å². The second-order valence-electron chi connectivity index (χ2n) is 7.75. The van der Waals surface area contributed by atoms with Crippen LogP contribution < -0.4 is 24.4 Å². The van der Waals surface area contributed by atoms with Crippen LogP contribution in [0, 0.1) is 0 Å². The largest absolute Gasteiger partial charge is 0.493 e. The van der Waals surface area contributed by atoms with Gasteiger partial charge in [-0.1, -0.05) is 6.07 Å². The standard InChI is InChI=1S/C25H31N3O6/c1-5-27(6-2)24(30)15-28-19-14-18(9-11-20(19)34-16-25(28)31)26-23(29)12-8-17-7-10-21(32-3)22(13-17)33-4/h7,9-11,13-14H,5-6,8,12,15-16H2,1-4H3,(H,26,29). The van der Waals surface area contributed by atoms with Gasteiger partial charge in [0.25, 0.3) is 5.91 Å². The molecule has 0 saturated heterocycles. The molecule has 0 bridgehead atoms. The molecule has 1 heterocycles. The van der Waals surface area contributed by atoms with Gasteiger partial charge in [0, 0.05) is 25.2 Å². The molecule has 2 aromatic carbocycles. The van der Waals surface area contributed by atoms with E-state index in [1.807, 2.05) is 26.0 Å². The van der Waals surface area contributed by atoms with Crippen LogP contribution in [0.25, 0.3) is 0 Å². The lowest BCUT2D eigenvalue weighted by Gasteiger charge is -2.31. The molecule has 0 unspecified atom stereocenters. The Labute approximate surface area is 199 Å². The minimum atomic E-state index is -0.301. The predicted molar refractivity (Wildman–Crippen MR) is 129 cm³/mol. The van der Waals surface area contributed by atoms with Crippen LogP contribution in [0.15, 0.2) is 36.4 Å². The number of carbonyl (C=O) groups is 3. The summed E-state index contributed by atoms with van der Waals surface area (Å²) < 4.78 is 16.1. The van der Waals surface area contributed by atoms with E-state index in [1.165, 1.54) is 4.90 Å². The highest BCUT2D eigenvalue weighted by atomic mass is 16.5. The number of nitrogens with one attached hydrogen (secondary N) is 1. The van der Waals surface area contributed by atoms with E-state index in [-0.39, 0.29) is 37.3 Å². The van der Waals surface area contributed by atoms with E-state index in [2.05, 4.69) is 5.32 Å². The van der Waals surface area contributed by atoms with Crippen molar-refractivity contribution in [3.8, 4) is 17.2 Å². The Morgan fingerprint density at radius 1 is 1.06 bits per heavy atom. The topological polar surface area (TPSA) is 97.4 Å². The maximum absolute atomic E-state index is 12.6. The summed E-state index contributed by atoms with van der Waals surface area (Å²) in [6, 6.07) is 10.6. The highest BCUT2D eigenvalue weighted by Gasteiger charge is 2.29. The third kappa shape index (κ3) is 5.78. The molecule has 0 aromatic heterocycles. The fourth-order valence-electron chi connectivity index (χ4n) is 3.78. The number of anilines is 2. The van der Waals surface area contributed by atoms with Crippen LogP contribution in [0.1, 0.15) is 25.8 Å². The lowest BCUT2D eigenvalue weighted by molar-refractivity contribution is -0.131. The van der Waals surface area contributed by atoms with Gasteiger partial charge in [-0.2, -0.15) is 0 Å². The van der Waals surface area contributed by atoms with Gasteiger partial charge in [0.2, 0.25) is 11.8 Å². The Morgan fingerprint density at radius 2 is 1.79 bits per heavy atom. The molecule has 0 aliphatic carbocycles. The Balaban J connectivity index is 1.68. The van der Waals surface area contributed by atoms with E-state index >= 15 is 0 Å². The number of ether oxygens (including phenoxy) is 3. The van der Waals surface area contributed by atoms with Gasteiger partial charge in [-0.3, -0.25) is 19.3 Å². The molecule has 1 aliphatic rings. The van der Waals surface area contributed by atoms with E-state index in [9.17, 15) is 14.4 Å². The first-order valence-corrected chi connectivity index (χ1v) is 11.3. The summed E-state index contributed by atoms with van der Waals surface area (Å²) in [4.78, 5) is 40.8. The number of rotatable bonds is 10. The summed E-state index contributed by atoms with van der Waals surface area (Å²) in [5.41, 5.74) is 1.93. The second kappa shape index (κ2) is 11.4. The monoisotopic (exact) mass is 469 g/mol. The summed E-state index contributed by atoms with van der Waals surface area (Å²) >= 11 is 0. The third-order valence-electron chi connectivity index (χ3n) is 5.68. The number of fused-ring (bicyclic) bond motifs is 1. The first-order chi connectivity index (χ1) is 16.4. The molecule has 1 N–H and O–H groups in total. The number of amides is 3. The summed E-state index contributed by atoms with van der Waals surface area (Å²) in [5, 5.41) is 2.86. The molecular formula is C25H31N3O6. The smallest absolute Gasteiger partial charge is 0.265 e. The average molecular weight is 470 g/mol. The zero-order valence-corrected chi connectivity index (χ0v) is 20.1. The normalized spacial score (nSPS) is 12.5. The highest BCUT2D eigenvalue weighted by Crippen LogP contribution is 2.35. The Kier molecular flexibility index (Phi) is 8.34. The molecule has 9 nitrogen and oxygen atoms in total. The number of nitrogens with zero attached hydrogens (tertiary/aromatic N) is 2. The minimum absolute atomic E-state index is 0.0758. The highest BCUT2D eigenvalue weighted by molar-refractivity contribution is 6.03. The lowest BCUT2D eigenvalue weighted by Crippen LogP contribution is -2.46. The molecule has 1 aliphatic heterocycles. The number of carbonyl (C=O) groups excluding carboxylic acids is 3. The van der Waals surface area contributed by atoms with Crippen LogP contribution in [0.4, 0.5) is 11.4 Å². The van der Waals surface area contributed by atoms with Crippen LogP contribution in [-0.2, 0) is 20.8 Å². The van der Waals surface area contributed by atoms with Crippen molar-refractivity contribution in [3.05, 3.63) is 42.0 Å². The molecule has 0 radical (unpaired) electrons. The average Bonchev–Trinajstić information content (AvgIpc) is 2.85. The van der Waals surface area contributed by atoms with Crippen LogP contribution in [0.2, 0.25) is 0 Å². The zero-order valence-electron chi connectivity index (χ0n) is 20.1. The minimum Gasteiger partial charge on any atom is -0.493 e. The van der Waals surface area contributed by atoms with Gasteiger partial charge in [0.15, 0.2) is 18.1 Å². The number of hydrogen-bond acceptors (Lipinski definition) is 6. The van der Waals surface area contributed by atoms with Crippen molar-refractivity contribution in [2.45, 2.75) is 26.7 Å². The summed E-state index contributed by atoms with van der Waals surface area (Å²) in [6.45, 7) is 4.72. The summed E-state index contributed by atoms with van der Waals surface area (Å²) in [6.07, 6.45) is 0.773. The molecule has 3 amide bonds. The number of likely N-dealkylation sites (N-methyl/N-ethyl adjacent to an activating group) is 1. The molecule has 0 spiro atoms. The second-order valence-corrected chi connectivity index (χ2v) is 7.75. The van der Waals surface area contributed by atoms with Crippen molar-refractivity contribution < 1.29 is 28.6 Å². The maximum Gasteiger partial charge on any atom is 0.265 e. The van der Waals surface area contributed by atoms with Crippen LogP contribution >= 0.6 is 0 Å². The fourth-order valence-corrected chi connectivity index (χ4v) is 3.78. The third-order valence-corrected chi connectivity index (χ3v) is 5.68. The van der Waals surface area contributed by atoms with Gasteiger partial charge in [-0.25, -0.2) is 0 Å². The SMILES string of the molecule is CCN(CC)C(=O)CN1C(=O)COc2ccc(NC(=O)CCc3ccc(OC)c(OC)c3)cc21. The molecule has 34 heavy (non-hydrogen) atoms. The van der Waals surface area contributed by atoms with Gasteiger partial charge < -0.3 is 24.4 Å². The Bertz CT molecular complexity index is 1050. The van der Waals surface area contributed by atoms with E-state index in [0.29, 0.717) is 48.1 Å². The zero-order chi connectivity index (χ0) is 24.7. The quantitative estimate of drug-likeness (QED) is 0.575. The maximum atomic E-state index is 12.6. The molecular weight excluding hydrogens is 438 g/mol. The van der Waals surface area contributed by atoms with Crippen LogP contribution in [0.5, 0.6) is 17.2 Å². The molecule has 3 rings (SSSR count). The first-order valence-electron chi connectivity index (χ1n) is 11.3. The lowest BCUT2D eigenvalue weighted by atomic mass is 10.1. The summed E-state index contributed by atoms with van der Waals surface area (Å²) in [7, 11) is 3.14. The molecule has 0 fully saturated rings. The van der Waals surface area contributed by atoms with Gasteiger partial charge in [0.05, 0.1) is 19.9 Å². The van der Waals surface area contributed by atoms with Crippen molar-refractivity contribution in [1.29, 1.82) is 0 Å². The van der Waals surface area contributed by atoms with E-state index in [1.54, 1.807) is 43.4 Å². The van der Waals surface area contributed by atoms with Crippen molar-refractivity contribution in [2.24, 2.45) is 0 Å². The first kappa shape index (κ1) is 24.9.